The van der Waals surface area contributed by atoms with Crippen molar-refractivity contribution in [2.45, 2.75) is 32.9 Å². The average molecular weight is 410 g/mol. The number of carbonyl (C=O) groups is 1. The Morgan fingerprint density at radius 1 is 1.19 bits per heavy atom. The molecule has 1 aromatic carbocycles. The van der Waals surface area contributed by atoms with Gasteiger partial charge in [0.05, 0.1) is 7.11 Å². The lowest BCUT2D eigenvalue weighted by Gasteiger charge is -2.21. The first-order valence-corrected chi connectivity index (χ1v) is 8.18. The zero-order valence-electron chi connectivity index (χ0n) is 16.5. The van der Waals surface area contributed by atoms with Crippen LogP contribution in [0.1, 0.15) is 26.3 Å². The molecule has 0 aliphatic carbocycles. The minimum Gasteiger partial charge on any atom is -0.493 e. The lowest BCUT2D eigenvalue weighted by atomic mass is 10.1. The quantitative estimate of drug-likeness (QED) is 0.613. The molecular weight excluding hydrogens is 377 g/mol. The number of amides is 1. The Bertz CT molecular complexity index is 535. The molecule has 0 radical (unpaired) electrons. The Labute approximate surface area is 169 Å². The molecule has 0 atom stereocenters. The van der Waals surface area contributed by atoms with Crippen LogP contribution in [0.25, 0.3) is 0 Å². The number of benzene rings is 1. The van der Waals surface area contributed by atoms with Crippen LogP contribution in [0.2, 0.25) is 0 Å². The molecule has 0 aliphatic rings. The fraction of sp³-hybridized carbons (Fsp3) is 0.611. The van der Waals surface area contributed by atoms with Gasteiger partial charge in [0.2, 0.25) is 0 Å². The van der Waals surface area contributed by atoms with Gasteiger partial charge in [-0.15, -0.1) is 24.8 Å². The van der Waals surface area contributed by atoms with E-state index < -0.39 is 0 Å². The van der Waals surface area contributed by atoms with Crippen LogP contribution in [0.15, 0.2) is 18.2 Å². The van der Waals surface area contributed by atoms with Gasteiger partial charge in [-0.25, -0.2) is 0 Å². The number of rotatable bonds is 9. The van der Waals surface area contributed by atoms with Crippen molar-refractivity contribution in [3.05, 3.63) is 23.8 Å². The first-order valence-electron chi connectivity index (χ1n) is 8.18. The highest BCUT2D eigenvalue weighted by Crippen LogP contribution is 2.31. The number of halogens is 2. The zero-order valence-corrected chi connectivity index (χ0v) is 18.2. The van der Waals surface area contributed by atoms with Crippen molar-refractivity contribution >= 4 is 30.7 Å². The molecule has 0 bridgehead atoms. The molecule has 1 amide bonds. The van der Waals surface area contributed by atoms with Gasteiger partial charge in [0.1, 0.15) is 0 Å². The maximum atomic E-state index is 12.0. The molecule has 0 unspecified atom stereocenters. The molecule has 0 saturated heterocycles. The van der Waals surface area contributed by atoms with Crippen molar-refractivity contribution in [1.82, 2.24) is 15.5 Å². The van der Waals surface area contributed by atoms with Gasteiger partial charge in [-0.2, -0.15) is 0 Å². The van der Waals surface area contributed by atoms with Crippen molar-refractivity contribution < 1.29 is 14.3 Å². The van der Waals surface area contributed by atoms with Gasteiger partial charge in [-0.05, 0) is 40.9 Å². The second-order valence-corrected chi connectivity index (χ2v) is 7.02. The minimum atomic E-state index is -0.280. The summed E-state index contributed by atoms with van der Waals surface area (Å²) in [4.78, 5) is 14.1. The number of para-hydroxylation sites is 1. The average Bonchev–Trinajstić information content (AvgIpc) is 2.47. The van der Waals surface area contributed by atoms with E-state index in [1.807, 2.05) is 53.1 Å². The highest BCUT2D eigenvalue weighted by molar-refractivity contribution is 5.85. The Morgan fingerprint density at radius 2 is 1.85 bits per heavy atom. The molecule has 6 nitrogen and oxygen atoms in total. The summed E-state index contributed by atoms with van der Waals surface area (Å²) >= 11 is 0. The van der Waals surface area contributed by atoms with E-state index in [0.29, 0.717) is 18.0 Å². The molecule has 8 heteroatoms. The topological polar surface area (TPSA) is 62.8 Å². The third kappa shape index (κ3) is 10.7. The van der Waals surface area contributed by atoms with Crippen LogP contribution in [0, 0.1) is 0 Å². The number of likely N-dealkylation sites (N-methyl/N-ethyl adjacent to an activating group) is 1. The number of nitrogens with zero attached hydrogens (tertiary/aromatic N) is 1. The summed E-state index contributed by atoms with van der Waals surface area (Å²) in [7, 11) is 5.67. The van der Waals surface area contributed by atoms with Crippen molar-refractivity contribution in [3.8, 4) is 11.5 Å². The van der Waals surface area contributed by atoms with Crippen molar-refractivity contribution in [2.75, 3.05) is 40.9 Å². The Morgan fingerprint density at radius 3 is 2.38 bits per heavy atom. The van der Waals surface area contributed by atoms with E-state index in [0.717, 1.165) is 18.7 Å². The molecule has 0 spiro atoms. The van der Waals surface area contributed by atoms with Gasteiger partial charge >= 0.3 is 0 Å². The highest BCUT2D eigenvalue weighted by Gasteiger charge is 2.16. The van der Waals surface area contributed by atoms with Crippen LogP contribution in [0.5, 0.6) is 11.5 Å². The third-order valence-electron chi connectivity index (χ3n) is 3.19. The maximum absolute atomic E-state index is 12.0. The third-order valence-corrected chi connectivity index (χ3v) is 3.19. The van der Waals surface area contributed by atoms with Gasteiger partial charge in [0, 0.05) is 30.7 Å². The van der Waals surface area contributed by atoms with Gasteiger partial charge in [-0.1, -0.05) is 12.1 Å². The summed E-state index contributed by atoms with van der Waals surface area (Å²) < 4.78 is 11.1. The van der Waals surface area contributed by atoms with Crippen LogP contribution < -0.4 is 20.1 Å². The smallest absolute Gasteiger partial charge is 0.258 e. The molecule has 0 heterocycles. The molecule has 2 N–H and O–H groups in total. The number of ether oxygens (including phenoxy) is 2. The SMILES string of the molecule is COc1cccc(CNCCN(C)C)c1OCC(=O)NC(C)(C)C.Cl.Cl. The summed E-state index contributed by atoms with van der Waals surface area (Å²) in [5, 5.41) is 6.26. The monoisotopic (exact) mass is 409 g/mol. The molecule has 0 saturated carbocycles. The first-order chi connectivity index (χ1) is 11.2. The summed E-state index contributed by atoms with van der Waals surface area (Å²) in [6, 6.07) is 5.73. The van der Waals surface area contributed by atoms with Crippen molar-refractivity contribution in [2.24, 2.45) is 0 Å². The van der Waals surface area contributed by atoms with Crippen LogP contribution in [-0.4, -0.2) is 57.2 Å². The van der Waals surface area contributed by atoms with E-state index in [9.17, 15) is 4.79 Å². The summed E-state index contributed by atoms with van der Waals surface area (Å²) in [6.45, 7) is 8.25. The van der Waals surface area contributed by atoms with Crippen LogP contribution in [-0.2, 0) is 11.3 Å². The fourth-order valence-corrected chi connectivity index (χ4v) is 2.14. The van der Waals surface area contributed by atoms with Gasteiger partial charge < -0.3 is 25.0 Å². The van der Waals surface area contributed by atoms with E-state index in [1.54, 1.807) is 7.11 Å². The molecule has 0 aromatic heterocycles. The molecule has 26 heavy (non-hydrogen) atoms. The second kappa shape index (κ2) is 13.0. The number of hydrogen-bond acceptors (Lipinski definition) is 5. The Balaban J connectivity index is 0. The normalized spacial score (nSPS) is 10.6. The lowest BCUT2D eigenvalue weighted by Crippen LogP contribution is -2.43. The van der Waals surface area contributed by atoms with E-state index >= 15 is 0 Å². The van der Waals surface area contributed by atoms with Crippen molar-refractivity contribution in [3.63, 3.8) is 0 Å². The van der Waals surface area contributed by atoms with Gasteiger partial charge in [0.25, 0.3) is 5.91 Å². The van der Waals surface area contributed by atoms with Crippen LogP contribution in [0.3, 0.4) is 0 Å². The van der Waals surface area contributed by atoms with Gasteiger partial charge in [0.15, 0.2) is 18.1 Å². The van der Waals surface area contributed by atoms with E-state index in [-0.39, 0.29) is 42.9 Å². The summed E-state index contributed by atoms with van der Waals surface area (Å²) in [5.41, 5.74) is 0.689. The van der Waals surface area contributed by atoms with Crippen LogP contribution in [0.4, 0.5) is 0 Å². The van der Waals surface area contributed by atoms with Crippen LogP contribution >= 0.6 is 24.8 Å². The second-order valence-electron chi connectivity index (χ2n) is 7.02. The minimum absolute atomic E-state index is 0. The fourth-order valence-electron chi connectivity index (χ4n) is 2.14. The summed E-state index contributed by atoms with van der Waals surface area (Å²) in [5.74, 6) is 1.09. The highest BCUT2D eigenvalue weighted by atomic mass is 35.5. The van der Waals surface area contributed by atoms with E-state index in [1.165, 1.54) is 0 Å². The molecule has 152 valence electrons. The summed E-state index contributed by atoms with van der Waals surface area (Å²) in [6.07, 6.45) is 0. The largest absolute Gasteiger partial charge is 0.493 e. The Hall–Kier alpha value is -1.21. The Kier molecular flexibility index (Phi) is 13.5. The molecule has 0 fully saturated rings. The standard InChI is InChI=1S/C18H31N3O3.2ClH/c1-18(2,3)20-16(22)13-24-17-14(8-7-9-15(17)23-6)12-19-10-11-21(4)5;;/h7-9,19H,10-13H2,1-6H3,(H,20,22);2*1H. The zero-order chi connectivity index (χ0) is 18.2. The van der Waals surface area contributed by atoms with E-state index in [4.69, 9.17) is 9.47 Å². The molecular formula is C18H33Cl2N3O3. The maximum Gasteiger partial charge on any atom is 0.258 e. The first kappa shape index (κ1) is 27.0. The van der Waals surface area contributed by atoms with Crippen molar-refractivity contribution in [1.29, 1.82) is 0 Å². The number of carbonyl (C=O) groups excluding carboxylic acids is 1. The number of methoxy groups -OCH3 is 1. The number of nitrogens with one attached hydrogen (secondary N) is 2. The molecule has 1 aromatic rings. The molecule has 1 rings (SSSR count). The van der Waals surface area contributed by atoms with E-state index in [2.05, 4.69) is 15.5 Å². The van der Waals surface area contributed by atoms with Gasteiger partial charge in [-0.3, -0.25) is 4.79 Å². The predicted octanol–water partition coefficient (Wildman–Crippen LogP) is 2.48. The number of hydrogen-bond donors (Lipinski definition) is 2. The predicted molar refractivity (Wildman–Crippen MR) is 111 cm³/mol. The lowest BCUT2D eigenvalue weighted by molar-refractivity contribution is -0.124. The molecule has 0 aliphatic heterocycles.